The van der Waals surface area contributed by atoms with Gasteiger partial charge in [0, 0.05) is 53.1 Å². The number of hydrogen-bond acceptors (Lipinski definition) is 6. The second kappa shape index (κ2) is 8.26. The SMILES string of the molecule is Cc1ncccc1-c1noc(C2CC2)c1C1=CC2(CCN(c3ccc4nc(C(=O)O)ccc4c3)CC2)C1. The van der Waals surface area contributed by atoms with Gasteiger partial charge in [0.05, 0.1) is 5.52 Å². The van der Waals surface area contributed by atoms with Crippen molar-refractivity contribution in [2.45, 2.75) is 44.9 Å². The van der Waals surface area contributed by atoms with Gasteiger partial charge < -0.3 is 14.5 Å². The highest BCUT2D eigenvalue weighted by molar-refractivity contribution is 5.91. The topological polar surface area (TPSA) is 92.4 Å². The highest BCUT2D eigenvalue weighted by atomic mass is 16.5. The maximum Gasteiger partial charge on any atom is 0.354 e. The fraction of sp³-hybridized carbons (Fsp3) is 0.333. The van der Waals surface area contributed by atoms with Gasteiger partial charge in [0.15, 0.2) is 0 Å². The van der Waals surface area contributed by atoms with Gasteiger partial charge in [-0.3, -0.25) is 4.98 Å². The Balaban J connectivity index is 1.12. The van der Waals surface area contributed by atoms with Gasteiger partial charge in [0.1, 0.15) is 17.1 Å². The summed E-state index contributed by atoms with van der Waals surface area (Å²) in [6, 6.07) is 13.6. The van der Waals surface area contributed by atoms with Crippen LogP contribution in [0.15, 0.2) is 59.3 Å². The molecule has 1 N–H and O–H groups in total. The van der Waals surface area contributed by atoms with Gasteiger partial charge in [0.25, 0.3) is 0 Å². The Bertz CT molecular complexity index is 1580. The number of carboxylic acids is 1. The lowest BCUT2D eigenvalue weighted by Crippen LogP contribution is -2.42. The smallest absolute Gasteiger partial charge is 0.354 e. The van der Waals surface area contributed by atoms with Crippen molar-refractivity contribution in [2.24, 2.45) is 5.41 Å². The van der Waals surface area contributed by atoms with Crippen LogP contribution in [-0.2, 0) is 0 Å². The van der Waals surface area contributed by atoms with E-state index in [4.69, 9.17) is 4.52 Å². The molecule has 0 amide bonds. The zero-order valence-corrected chi connectivity index (χ0v) is 20.8. The normalized spacial score (nSPS) is 18.6. The van der Waals surface area contributed by atoms with Crippen molar-refractivity contribution in [3.05, 3.63) is 77.4 Å². The number of allylic oxidation sites excluding steroid dienone is 2. The van der Waals surface area contributed by atoms with E-state index in [9.17, 15) is 9.90 Å². The molecule has 1 saturated carbocycles. The number of aromatic nitrogens is 3. The first kappa shape index (κ1) is 22.2. The lowest BCUT2D eigenvalue weighted by molar-refractivity contribution is 0.0691. The van der Waals surface area contributed by atoms with Crippen LogP contribution in [0.4, 0.5) is 5.69 Å². The molecule has 1 spiro atoms. The van der Waals surface area contributed by atoms with E-state index in [-0.39, 0.29) is 11.1 Å². The minimum absolute atomic E-state index is 0.0762. The molecule has 2 aliphatic carbocycles. The number of benzene rings is 1. The average Bonchev–Trinajstić information content (AvgIpc) is 3.65. The zero-order valence-electron chi connectivity index (χ0n) is 20.8. The molecule has 4 heterocycles. The Kier molecular flexibility index (Phi) is 4.96. The molecular weight excluding hydrogens is 464 g/mol. The van der Waals surface area contributed by atoms with E-state index in [1.54, 1.807) is 6.07 Å². The molecule has 3 aromatic heterocycles. The van der Waals surface area contributed by atoms with Crippen LogP contribution in [0.1, 0.15) is 65.5 Å². The van der Waals surface area contributed by atoms with Gasteiger partial charge in [-0.1, -0.05) is 17.3 Å². The van der Waals surface area contributed by atoms with Gasteiger partial charge in [0.2, 0.25) is 0 Å². The first-order valence-corrected chi connectivity index (χ1v) is 13.0. The number of rotatable bonds is 5. The van der Waals surface area contributed by atoms with E-state index in [0.29, 0.717) is 11.4 Å². The van der Waals surface area contributed by atoms with E-state index in [1.165, 1.54) is 29.7 Å². The van der Waals surface area contributed by atoms with Crippen LogP contribution in [0.3, 0.4) is 0 Å². The Labute approximate surface area is 214 Å². The maximum atomic E-state index is 11.2. The van der Waals surface area contributed by atoms with Crippen LogP contribution in [0.5, 0.6) is 0 Å². The third-order valence-corrected chi connectivity index (χ3v) is 8.29. The molecular formula is C30H28N4O3. The number of piperidine rings is 1. The second-order valence-electron chi connectivity index (χ2n) is 10.8. The molecule has 7 nitrogen and oxygen atoms in total. The number of nitrogens with zero attached hydrogens (tertiary/aromatic N) is 4. The van der Waals surface area contributed by atoms with Gasteiger partial charge in [-0.15, -0.1) is 0 Å². The molecule has 0 unspecified atom stereocenters. The van der Waals surface area contributed by atoms with Crippen LogP contribution in [0, 0.1) is 12.3 Å². The molecule has 3 aliphatic rings. The van der Waals surface area contributed by atoms with Gasteiger partial charge >= 0.3 is 5.97 Å². The number of hydrogen-bond donors (Lipinski definition) is 1. The lowest BCUT2D eigenvalue weighted by atomic mass is 9.63. The average molecular weight is 493 g/mol. The highest BCUT2D eigenvalue weighted by Gasteiger charge is 2.43. The summed E-state index contributed by atoms with van der Waals surface area (Å²) in [5.41, 5.74) is 7.77. The van der Waals surface area contributed by atoms with Crippen molar-refractivity contribution in [3.8, 4) is 11.3 Å². The van der Waals surface area contributed by atoms with Crippen molar-refractivity contribution in [3.63, 3.8) is 0 Å². The number of aromatic carboxylic acids is 1. The number of carboxylic acid groups (broad SMARTS) is 1. The first-order chi connectivity index (χ1) is 18.0. The molecule has 7 rings (SSSR count). The summed E-state index contributed by atoms with van der Waals surface area (Å²) < 4.78 is 5.93. The third-order valence-electron chi connectivity index (χ3n) is 8.29. The lowest BCUT2D eigenvalue weighted by Gasteiger charge is -2.47. The van der Waals surface area contributed by atoms with Crippen molar-refractivity contribution in [2.75, 3.05) is 18.0 Å². The molecule has 2 fully saturated rings. The number of pyridine rings is 2. The van der Waals surface area contributed by atoms with Crippen molar-refractivity contribution in [1.29, 1.82) is 0 Å². The number of anilines is 1. The monoisotopic (exact) mass is 492 g/mol. The number of aryl methyl sites for hydroxylation is 1. The summed E-state index contributed by atoms with van der Waals surface area (Å²) in [5, 5.41) is 14.7. The largest absolute Gasteiger partial charge is 0.477 e. The van der Waals surface area contributed by atoms with Gasteiger partial charge in [-0.25, -0.2) is 9.78 Å². The molecule has 0 radical (unpaired) electrons. The van der Waals surface area contributed by atoms with Crippen LogP contribution in [0.2, 0.25) is 0 Å². The Hall–Kier alpha value is -4.00. The Morgan fingerprint density at radius 1 is 1.14 bits per heavy atom. The number of fused-ring (bicyclic) bond motifs is 1. The minimum atomic E-state index is -1.00. The fourth-order valence-electron chi connectivity index (χ4n) is 6.00. The zero-order chi connectivity index (χ0) is 25.1. The summed E-state index contributed by atoms with van der Waals surface area (Å²) in [5.74, 6) is 0.562. The molecule has 1 aromatic carbocycles. The predicted molar refractivity (Wildman–Crippen MR) is 142 cm³/mol. The van der Waals surface area contributed by atoms with E-state index in [0.717, 1.165) is 60.4 Å². The maximum absolute atomic E-state index is 11.2. The standard InChI is InChI=1S/C30H28N4O3/c1-18-23(3-2-12-31-18)27-26(28(37-33-27)19-4-5-19)21-16-30(17-21)10-13-34(14-11-30)22-7-9-24-20(15-22)6-8-25(32-24)29(35)36/h2-3,6-9,12,15-16,19H,4-5,10-11,13-14,17H2,1H3,(H,35,36). The summed E-state index contributed by atoms with van der Waals surface area (Å²) in [6.45, 7) is 4.01. The van der Waals surface area contributed by atoms with Crippen LogP contribution in [0.25, 0.3) is 27.7 Å². The first-order valence-electron chi connectivity index (χ1n) is 13.0. The predicted octanol–water partition coefficient (Wildman–Crippen LogP) is 6.24. The molecule has 1 saturated heterocycles. The second-order valence-corrected chi connectivity index (χ2v) is 10.8. The van der Waals surface area contributed by atoms with Crippen molar-refractivity contribution < 1.29 is 14.4 Å². The van der Waals surface area contributed by atoms with E-state index in [2.05, 4.69) is 44.3 Å². The summed E-state index contributed by atoms with van der Waals surface area (Å²) >= 11 is 0. The summed E-state index contributed by atoms with van der Waals surface area (Å²) in [7, 11) is 0. The summed E-state index contributed by atoms with van der Waals surface area (Å²) in [6.07, 6.45) is 9.96. The molecule has 7 heteroatoms. The van der Waals surface area contributed by atoms with E-state index < -0.39 is 5.97 Å². The van der Waals surface area contributed by atoms with E-state index in [1.807, 2.05) is 31.3 Å². The molecule has 1 aliphatic heterocycles. The van der Waals surface area contributed by atoms with Gasteiger partial charge in [-0.2, -0.15) is 0 Å². The van der Waals surface area contributed by atoms with Crippen LogP contribution in [-0.4, -0.2) is 39.3 Å². The summed E-state index contributed by atoms with van der Waals surface area (Å²) in [4.78, 5) is 22.4. The molecule has 186 valence electrons. The van der Waals surface area contributed by atoms with Crippen LogP contribution < -0.4 is 4.90 Å². The van der Waals surface area contributed by atoms with E-state index >= 15 is 0 Å². The van der Waals surface area contributed by atoms with Crippen molar-refractivity contribution >= 4 is 28.1 Å². The Morgan fingerprint density at radius 3 is 2.68 bits per heavy atom. The quantitative estimate of drug-likeness (QED) is 0.352. The third kappa shape index (κ3) is 3.80. The van der Waals surface area contributed by atoms with Gasteiger partial charge in [-0.05, 0) is 86.4 Å². The van der Waals surface area contributed by atoms with Crippen LogP contribution >= 0.6 is 0 Å². The molecule has 0 atom stereocenters. The minimum Gasteiger partial charge on any atom is -0.477 e. The number of carbonyl (C=O) groups is 1. The molecule has 37 heavy (non-hydrogen) atoms. The highest BCUT2D eigenvalue weighted by Crippen LogP contribution is 2.55. The fourth-order valence-corrected chi connectivity index (χ4v) is 6.00. The molecule has 0 bridgehead atoms. The van der Waals surface area contributed by atoms with Crippen molar-refractivity contribution in [1.82, 2.24) is 15.1 Å². The Morgan fingerprint density at radius 2 is 1.95 bits per heavy atom. The molecule has 4 aromatic rings.